The number of rotatable bonds is 3. The number of nitrogens with one attached hydrogen (secondary N) is 1. The Morgan fingerprint density at radius 1 is 1.29 bits per heavy atom. The average molecular weight is 234 g/mol. The van der Waals surface area contributed by atoms with E-state index in [9.17, 15) is 0 Å². The third kappa shape index (κ3) is 3.17. The van der Waals surface area contributed by atoms with Crippen molar-refractivity contribution in [1.29, 1.82) is 0 Å². The molecule has 2 heterocycles. The Hall–Kier alpha value is -2.11. The molecule has 0 aliphatic heterocycles. The Morgan fingerprint density at radius 3 is 2.53 bits per heavy atom. The molecule has 6 nitrogen and oxygen atoms in total. The number of nitrogens with zero attached hydrogens (tertiary/aromatic N) is 4. The van der Waals surface area contributed by atoms with Crippen molar-refractivity contribution in [1.82, 2.24) is 19.7 Å². The second kappa shape index (κ2) is 6.47. The molecule has 17 heavy (non-hydrogen) atoms. The smallest absolute Gasteiger partial charge is 0.244 e. The average Bonchev–Trinajstić information content (AvgIpc) is 2.74. The van der Waals surface area contributed by atoms with Gasteiger partial charge < -0.3 is 11.1 Å². The monoisotopic (exact) mass is 234 g/mol. The lowest BCUT2D eigenvalue weighted by atomic mass is 10.4. The fourth-order valence-electron chi connectivity index (χ4n) is 1.23. The van der Waals surface area contributed by atoms with Crippen LogP contribution in [0.1, 0.15) is 20.8 Å². The molecule has 0 amide bonds. The van der Waals surface area contributed by atoms with E-state index in [4.69, 9.17) is 5.73 Å². The van der Waals surface area contributed by atoms with E-state index in [0.29, 0.717) is 11.9 Å². The van der Waals surface area contributed by atoms with Crippen molar-refractivity contribution in [3.63, 3.8) is 0 Å². The lowest BCUT2D eigenvalue weighted by molar-refractivity contribution is 0.886. The summed E-state index contributed by atoms with van der Waals surface area (Å²) in [7, 11) is 0. The molecule has 0 aliphatic carbocycles. The molecule has 0 radical (unpaired) electrons. The molecule has 0 unspecified atom stereocenters. The maximum Gasteiger partial charge on any atom is 0.244 e. The van der Waals surface area contributed by atoms with Gasteiger partial charge >= 0.3 is 0 Å². The number of anilines is 2. The normalized spacial score (nSPS) is 9.35. The second-order valence-corrected chi connectivity index (χ2v) is 2.94. The van der Waals surface area contributed by atoms with Gasteiger partial charge in [-0.05, 0) is 19.1 Å². The Labute approximate surface area is 101 Å². The van der Waals surface area contributed by atoms with Gasteiger partial charge in [0.1, 0.15) is 0 Å². The summed E-state index contributed by atoms with van der Waals surface area (Å²) in [6.45, 7) is 6.74. The summed E-state index contributed by atoms with van der Waals surface area (Å²) in [5.41, 5.74) is 6.58. The predicted octanol–water partition coefficient (Wildman–Crippen LogP) is 1.70. The summed E-state index contributed by atoms with van der Waals surface area (Å²) in [6, 6.07) is 3.64. The lowest BCUT2D eigenvalue weighted by Crippen LogP contribution is -2.02. The van der Waals surface area contributed by atoms with Gasteiger partial charge in [-0.15, -0.1) is 5.10 Å². The summed E-state index contributed by atoms with van der Waals surface area (Å²) in [5, 5.41) is 7.21. The highest BCUT2D eigenvalue weighted by Crippen LogP contribution is 2.11. The zero-order valence-electron chi connectivity index (χ0n) is 10.4. The van der Waals surface area contributed by atoms with Gasteiger partial charge in [-0.2, -0.15) is 9.67 Å². The molecule has 2 rings (SSSR count). The van der Waals surface area contributed by atoms with Crippen molar-refractivity contribution >= 4 is 11.9 Å². The molecule has 6 heteroatoms. The molecular formula is C11H18N6. The minimum atomic E-state index is 0.358. The van der Waals surface area contributed by atoms with E-state index in [1.807, 2.05) is 32.9 Å². The van der Waals surface area contributed by atoms with Gasteiger partial charge in [-0.3, -0.25) is 4.98 Å². The van der Waals surface area contributed by atoms with E-state index in [-0.39, 0.29) is 0 Å². The molecule has 3 N–H and O–H groups in total. The molecule has 0 spiro atoms. The largest absolute Gasteiger partial charge is 0.368 e. The molecule has 0 aromatic carbocycles. The first kappa shape index (κ1) is 13.0. The first-order chi connectivity index (χ1) is 8.31. The Bertz CT molecular complexity index is 436. The molecular weight excluding hydrogens is 216 g/mol. The number of nitrogen functional groups attached to an aromatic ring is 1. The number of pyridine rings is 1. The second-order valence-electron chi connectivity index (χ2n) is 2.94. The zero-order valence-corrected chi connectivity index (χ0v) is 10.4. The Balaban J connectivity index is 0.000000686. The van der Waals surface area contributed by atoms with Gasteiger partial charge in [-0.25, -0.2) is 0 Å². The van der Waals surface area contributed by atoms with Gasteiger partial charge in [0.25, 0.3) is 0 Å². The van der Waals surface area contributed by atoms with Crippen LogP contribution in [0, 0.1) is 0 Å². The van der Waals surface area contributed by atoms with Crippen LogP contribution in [0.15, 0.2) is 24.5 Å². The standard InChI is InChI=1S/C9H12N6.C2H6/c1-2-12-9-13-8(10)15(14-9)7-3-5-11-6-4-7;1-2/h3-6H,2H2,1H3,(H3,10,12,13,14);1-2H3. The van der Waals surface area contributed by atoms with Gasteiger partial charge in [0.2, 0.25) is 11.9 Å². The number of nitrogens with two attached hydrogens (primary N) is 1. The van der Waals surface area contributed by atoms with E-state index in [0.717, 1.165) is 12.2 Å². The highest BCUT2D eigenvalue weighted by atomic mass is 15.4. The van der Waals surface area contributed by atoms with Crippen LogP contribution in [0.3, 0.4) is 0 Å². The zero-order chi connectivity index (χ0) is 12.7. The van der Waals surface area contributed by atoms with Crippen molar-refractivity contribution < 1.29 is 0 Å². The summed E-state index contributed by atoms with van der Waals surface area (Å²) in [5.74, 6) is 0.893. The highest BCUT2D eigenvalue weighted by Gasteiger charge is 2.06. The Morgan fingerprint density at radius 2 is 1.94 bits per heavy atom. The van der Waals surface area contributed by atoms with Crippen LogP contribution in [0.5, 0.6) is 0 Å². The Kier molecular flexibility index (Phi) is 4.93. The molecule has 0 saturated heterocycles. The van der Waals surface area contributed by atoms with Gasteiger partial charge in [-0.1, -0.05) is 13.8 Å². The maximum absolute atomic E-state index is 5.73. The van der Waals surface area contributed by atoms with Crippen LogP contribution >= 0.6 is 0 Å². The van der Waals surface area contributed by atoms with Gasteiger partial charge in [0.05, 0.1) is 5.69 Å². The van der Waals surface area contributed by atoms with Gasteiger partial charge in [0, 0.05) is 18.9 Å². The molecule has 92 valence electrons. The van der Waals surface area contributed by atoms with Crippen LogP contribution in [-0.4, -0.2) is 26.3 Å². The van der Waals surface area contributed by atoms with E-state index in [1.165, 1.54) is 0 Å². The molecule has 0 atom stereocenters. The third-order valence-electron chi connectivity index (χ3n) is 1.87. The summed E-state index contributed by atoms with van der Waals surface area (Å²) in [6.07, 6.45) is 3.37. The van der Waals surface area contributed by atoms with Crippen LogP contribution in [0.2, 0.25) is 0 Å². The van der Waals surface area contributed by atoms with Crippen molar-refractivity contribution in [3.05, 3.63) is 24.5 Å². The summed E-state index contributed by atoms with van der Waals surface area (Å²) >= 11 is 0. The lowest BCUT2D eigenvalue weighted by Gasteiger charge is -2.00. The van der Waals surface area contributed by atoms with Crippen LogP contribution in [0.4, 0.5) is 11.9 Å². The summed E-state index contributed by atoms with van der Waals surface area (Å²) in [4.78, 5) is 8.00. The molecule has 0 aliphatic rings. The minimum Gasteiger partial charge on any atom is -0.368 e. The first-order valence-electron chi connectivity index (χ1n) is 5.68. The van der Waals surface area contributed by atoms with E-state index in [2.05, 4.69) is 20.4 Å². The van der Waals surface area contributed by atoms with Crippen LogP contribution < -0.4 is 11.1 Å². The maximum atomic E-state index is 5.73. The molecule has 2 aromatic rings. The topological polar surface area (TPSA) is 81.6 Å². The van der Waals surface area contributed by atoms with Crippen molar-refractivity contribution in [2.75, 3.05) is 17.6 Å². The van der Waals surface area contributed by atoms with E-state index in [1.54, 1.807) is 17.1 Å². The van der Waals surface area contributed by atoms with Crippen LogP contribution in [0.25, 0.3) is 5.69 Å². The van der Waals surface area contributed by atoms with Crippen LogP contribution in [-0.2, 0) is 0 Å². The third-order valence-corrected chi connectivity index (χ3v) is 1.87. The molecule has 0 bridgehead atoms. The van der Waals surface area contributed by atoms with Crippen molar-refractivity contribution in [3.8, 4) is 5.69 Å². The van der Waals surface area contributed by atoms with Gasteiger partial charge in [0.15, 0.2) is 0 Å². The highest BCUT2D eigenvalue weighted by molar-refractivity contribution is 5.40. The fourth-order valence-corrected chi connectivity index (χ4v) is 1.23. The van der Waals surface area contributed by atoms with Crippen molar-refractivity contribution in [2.45, 2.75) is 20.8 Å². The first-order valence-corrected chi connectivity index (χ1v) is 5.68. The quantitative estimate of drug-likeness (QED) is 0.844. The molecule has 2 aromatic heterocycles. The summed E-state index contributed by atoms with van der Waals surface area (Å²) < 4.78 is 1.57. The molecule has 0 fully saturated rings. The van der Waals surface area contributed by atoms with E-state index < -0.39 is 0 Å². The number of hydrogen-bond acceptors (Lipinski definition) is 5. The minimum absolute atomic E-state index is 0.358. The SMILES string of the molecule is CC.CCNc1nc(N)n(-c2ccncc2)n1. The van der Waals surface area contributed by atoms with Crippen molar-refractivity contribution in [2.24, 2.45) is 0 Å². The molecule has 0 saturated carbocycles. The number of aromatic nitrogens is 4. The fraction of sp³-hybridized carbons (Fsp3) is 0.364. The van der Waals surface area contributed by atoms with E-state index >= 15 is 0 Å². The number of hydrogen-bond donors (Lipinski definition) is 2. The predicted molar refractivity (Wildman–Crippen MR) is 69.1 cm³/mol.